The fraction of sp³-hybridized carbons (Fsp3) is 0.420. The molecule has 4 heterocycles. The summed E-state index contributed by atoms with van der Waals surface area (Å²) in [6.07, 6.45) is 10.5. The zero-order chi connectivity index (χ0) is 45.2. The lowest BCUT2D eigenvalue weighted by Crippen LogP contribution is -2.42. The Kier molecular flexibility index (Phi) is 14.1. The fourth-order valence-electron chi connectivity index (χ4n) is 9.13. The molecule has 2 amide bonds. The highest BCUT2D eigenvalue weighted by molar-refractivity contribution is 9.15. The van der Waals surface area contributed by atoms with E-state index in [1.807, 2.05) is 107 Å². The van der Waals surface area contributed by atoms with Gasteiger partial charge in [-0.3, -0.25) is 9.97 Å². The van der Waals surface area contributed by atoms with E-state index in [-0.39, 0.29) is 29.9 Å². The molecular weight excluding hydrogens is 903 g/mol. The molecule has 0 N–H and O–H groups in total. The van der Waals surface area contributed by atoms with Crippen molar-refractivity contribution >= 4 is 79.5 Å². The van der Waals surface area contributed by atoms with Crippen molar-refractivity contribution in [2.75, 3.05) is 33.3 Å². The predicted octanol–water partition coefficient (Wildman–Crippen LogP) is 12.3. The van der Waals surface area contributed by atoms with Gasteiger partial charge in [-0.1, -0.05) is 63.4 Å². The lowest BCUT2D eigenvalue weighted by atomic mass is 9.76. The Morgan fingerprint density at radius 3 is 1.52 bits per heavy atom. The smallest absolute Gasteiger partial charge is 0.410 e. The monoisotopic (exact) mass is 956 g/mol. The van der Waals surface area contributed by atoms with E-state index in [2.05, 4.69) is 34.1 Å². The molecule has 2 aromatic heterocycles. The Bertz CT molecular complexity index is 2430. The summed E-state index contributed by atoms with van der Waals surface area (Å²) in [7, 11) is 1.38. The van der Waals surface area contributed by atoms with Gasteiger partial charge in [-0.2, -0.15) is 0 Å². The number of likely N-dealkylation sites (tertiary alicyclic amines) is 2. The molecule has 2 aromatic carbocycles. The number of benzene rings is 2. The first-order valence-electron chi connectivity index (χ1n) is 21.5. The van der Waals surface area contributed by atoms with Gasteiger partial charge in [0.1, 0.15) is 11.2 Å². The van der Waals surface area contributed by atoms with Gasteiger partial charge in [0.2, 0.25) is 0 Å². The maximum atomic E-state index is 12.7. The van der Waals surface area contributed by atoms with E-state index in [9.17, 15) is 14.4 Å². The number of halogens is 3. The van der Waals surface area contributed by atoms with E-state index >= 15 is 0 Å². The molecule has 13 heteroatoms. The number of fused-ring (bicyclic) bond motifs is 4. The first-order chi connectivity index (χ1) is 29.9. The molecule has 2 fully saturated rings. The van der Waals surface area contributed by atoms with Crippen LogP contribution in [0.1, 0.15) is 124 Å². The topological polar surface area (TPSA) is 111 Å². The number of pyridine rings is 2. The molecule has 63 heavy (non-hydrogen) atoms. The molecule has 2 aliphatic heterocycles. The van der Waals surface area contributed by atoms with Crippen molar-refractivity contribution in [3.05, 3.63) is 128 Å². The second kappa shape index (κ2) is 19.2. The van der Waals surface area contributed by atoms with Crippen molar-refractivity contribution in [2.45, 2.75) is 90.3 Å². The summed E-state index contributed by atoms with van der Waals surface area (Å²) in [5.74, 6) is 0.329. The van der Waals surface area contributed by atoms with Crippen LogP contribution in [0.5, 0.6) is 0 Å². The number of methoxy groups -OCH3 is 1. The van der Waals surface area contributed by atoms with Crippen LogP contribution in [-0.4, -0.2) is 82.4 Å². The van der Waals surface area contributed by atoms with Crippen LogP contribution in [-0.2, 0) is 19.0 Å². The van der Waals surface area contributed by atoms with Crippen LogP contribution in [0.15, 0.2) is 73.1 Å². The van der Waals surface area contributed by atoms with Gasteiger partial charge in [-0.15, -0.1) is 0 Å². The summed E-state index contributed by atoms with van der Waals surface area (Å²) in [5, 5.41) is 1.33. The lowest BCUT2D eigenvalue weighted by molar-refractivity contribution is -0.133. The summed E-state index contributed by atoms with van der Waals surface area (Å²) < 4.78 is 17.2. The highest BCUT2D eigenvalue weighted by atomic mass is 79.9. The molecule has 8 rings (SSSR count). The summed E-state index contributed by atoms with van der Waals surface area (Å²) >= 11 is 16.4. The molecule has 2 unspecified atom stereocenters. The van der Waals surface area contributed by atoms with Crippen molar-refractivity contribution in [1.82, 2.24) is 19.8 Å². The molecule has 10 nitrogen and oxygen atoms in total. The first-order valence-corrected chi connectivity index (χ1v) is 23.1. The van der Waals surface area contributed by atoms with Crippen LogP contribution in [0, 0.1) is 11.8 Å². The predicted molar refractivity (Wildman–Crippen MR) is 253 cm³/mol. The van der Waals surface area contributed by atoms with Crippen LogP contribution < -0.4 is 0 Å². The van der Waals surface area contributed by atoms with Crippen molar-refractivity contribution in [3.8, 4) is 0 Å². The molecule has 2 aliphatic carbocycles. The SMILES string of the molecule is CC(C)(C)OC(=O)N1CCC(C2c3ccc(Cl)cc3C=C(Br)c3cccnc32)CC1.COC(=O)C1=Cc2cc(Cl)ccc2C(C2CCN(C(=O)OC(C)(C)C)CC2)c2ncccc21. The largest absolute Gasteiger partial charge is 0.465 e. The molecule has 0 bridgehead atoms. The number of esters is 1. The number of hydrogen-bond acceptors (Lipinski definition) is 8. The quantitative estimate of drug-likeness (QED) is 0.147. The fourth-order valence-corrected chi connectivity index (χ4v) is 10.1. The van der Waals surface area contributed by atoms with Gasteiger partial charge in [0.15, 0.2) is 0 Å². The number of piperidine rings is 2. The number of nitrogens with zero attached hydrogens (tertiary/aromatic N) is 4. The summed E-state index contributed by atoms with van der Waals surface area (Å²) in [6, 6.07) is 19.7. The van der Waals surface area contributed by atoms with Crippen molar-refractivity contribution in [3.63, 3.8) is 0 Å². The zero-order valence-corrected chi connectivity index (χ0v) is 40.0. The Balaban J connectivity index is 0.000000190. The second-order valence-electron chi connectivity index (χ2n) is 18.5. The summed E-state index contributed by atoms with van der Waals surface area (Å²) in [6.45, 7) is 13.9. The number of carbonyl (C=O) groups excluding carboxylic acids is 3. The Morgan fingerprint density at radius 2 is 1.08 bits per heavy atom. The van der Waals surface area contributed by atoms with Crippen molar-refractivity contribution in [1.29, 1.82) is 0 Å². The number of carbonyl (C=O) groups is 3. The van der Waals surface area contributed by atoms with E-state index in [0.29, 0.717) is 42.7 Å². The second-order valence-corrected chi connectivity index (χ2v) is 20.3. The molecular formula is C50H55BrCl2N4O6. The van der Waals surface area contributed by atoms with Gasteiger partial charge in [0.25, 0.3) is 0 Å². The first kappa shape index (κ1) is 46.3. The molecule has 2 atom stereocenters. The normalized spacial score (nSPS) is 19.0. The third kappa shape index (κ3) is 10.8. The average molecular weight is 959 g/mol. The molecule has 4 aliphatic rings. The number of hydrogen-bond donors (Lipinski definition) is 0. The van der Waals surface area contributed by atoms with Gasteiger partial charge in [0.05, 0.1) is 24.1 Å². The highest BCUT2D eigenvalue weighted by Crippen LogP contribution is 2.47. The third-order valence-electron chi connectivity index (χ3n) is 11.9. The lowest BCUT2D eigenvalue weighted by Gasteiger charge is -2.37. The molecule has 332 valence electrons. The Hall–Kier alpha value is -4.71. The third-order valence-corrected chi connectivity index (χ3v) is 13.0. The molecule has 2 saturated heterocycles. The van der Waals surface area contributed by atoms with E-state index < -0.39 is 17.2 Å². The highest BCUT2D eigenvalue weighted by Gasteiger charge is 2.38. The average Bonchev–Trinajstić information content (AvgIpc) is 3.46. The van der Waals surface area contributed by atoms with Gasteiger partial charge in [-0.25, -0.2) is 14.4 Å². The van der Waals surface area contributed by atoms with E-state index in [4.69, 9.17) is 47.4 Å². The Labute approximate surface area is 389 Å². The van der Waals surface area contributed by atoms with Gasteiger partial charge in [-0.05, 0) is 150 Å². The number of aromatic nitrogens is 2. The number of rotatable bonds is 3. The van der Waals surface area contributed by atoms with Crippen LogP contribution in [0.3, 0.4) is 0 Å². The van der Waals surface area contributed by atoms with Crippen LogP contribution in [0.4, 0.5) is 9.59 Å². The van der Waals surface area contributed by atoms with Crippen molar-refractivity contribution < 1.29 is 28.6 Å². The molecule has 0 radical (unpaired) electrons. The number of amides is 2. The maximum Gasteiger partial charge on any atom is 0.410 e. The van der Waals surface area contributed by atoms with Gasteiger partial charge >= 0.3 is 18.2 Å². The van der Waals surface area contributed by atoms with E-state index in [1.165, 1.54) is 12.7 Å². The minimum absolute atomic E-state index is 0.0346. The van der Waals surface area contributed by atoms with Gasteiger partial charge < -0.3 is 24.0 Å². The van der Waals surface area contributed by atoms with Crippen molar-refractivity contribution in [2.24, 2.45) is 11.8 Å². The minimum Gasteiger partial charge on any atom is -0.465 e. The molecule has 0 saturated carbocycles. The maximum absolute atomic E-state index is 12.7. The summed E-state index contributed by atoms with van der Waals surface area (Å²) in [4.78, 5) is 50.9. The van der Waals surface area contributed by atoms with E-state index in [1.54, 1.807) is 11.1 Å². The van der Waals surface area contributed by atoms with Gasteiger partial charge in [0, 0.05) is 76.1 Å². The van der Waals surface area contributed by atoms with Crippen LogP contribution >= 0.6 is 39.1 Å². The molecule has 4 aromatic rings. The summed E-state index contributed by atoms with van der Waals surface area (Å²) in [5.41, 5.74) is 7.62. The minimum atomic E-state index is -0.522. The molecule has 0 spiro atoms. The van der Waals surface area contributed by atoms with Crippen LogP contribution in [0.25, 0.3) is 22.2 Å². The van der Waals surface area contributed by atoms with Crippen LogP contribution in [0.2, 0.25) is 10.0 Å². The Morgan fingerprint density at radius 1 is 0.651 bits per heavy atom. The zero-order valence-electron chi connectivity index (χ0n) is 36.9. The van der Waals surface area contributed by atoms with E-state index in [0.717, 1.165) is 74.4 Å². The standard InChI is InChI=1S/C26H29ClN2O4.C24H26BrClN2O2/c1-26(2,3)33-25(31)29-12-9-16(10-13-29)22-19-8-7-18(27)14-17(19)15-21(24(30)32-4)20-6-5-11-28-23(20)22;1-24(2,3)30-23(29)28-11-8-15(9-12-28)21-18-7-6-17(26)13-16(18)14-20(25)19-5-4-10-27-22(19)21/h5-8,11,14-16,22H,9-10,12-13H2,1-4H3;4-7,10,13-15,21H,8-9,11-12H2,1-3H3. The number of ether oxygens (including phenoxy) is 3.